The summed E-state index contributed by atoms with van der Waals surface area (Å²) < 4.78 is 39.6. The normalized spacial score (nSPS) is 11.3. The summed E-state index contributed by atoms with van der Waals surface area (Å²) >= 11 is 0. The lowest BCUT2D eigenvalue weighted by Gasteiger charge is -2.08. The first-order valence-electron chi connectivity index (χ1n) is 5.23. The number of nitrogens with zero attached hydrogens (tertiary/aromatic N) is 2. The van der Waals surface area contributed by atoms with Gasteiger partial charge in [0, 0.05) is 6.20 Å². The average molecular weight is 300 g/mol. The Morgan fingerprint density at radius 3 is 2.80 bits per heavy atom. The van der Waals surface area contributed by atoms with E-state index in [0.29, 0.717) is 0 Å². The number of rotatable bonds is 4. The van der Waals surface area contributed by atoms with E-state index in [1.807, 2.05) is 4.72 Å². The molecule has 2 rings (SSSR count). The van der Waals surface area contributed by atoms with Crippen LogP contribution in [0, 0.1) is 12.7 Å². The van der Waals surface area contributed by atoms with Crippen LogP contribution in [-0.4, -0.2) is 34.7 Å². The number of halogens is 1. The fourth-order valence-electron chi connectivity index (χ4n) is 1.55. The maximum atomic E-state index is 13.4. The van der Waals surface area contributed by atoms with Gasteiger partial charge in [0.1, 0.15) is 4.90 Å². The van der Waals surface area contributed by atoms with Gasteiger partial charge in [-0.15, -0.1) is 0 Å². The van der Waals surface area contributed by atoms with E-state index >= 15 is 0 Å². The van der Waals surface area contributed by atoms with Crippen LogP contribution in [-0.2, 0) is 10.0 Å². The number of pyridine rings is 1. The van der Waals surface area contributed by atoms with Crippen molar-refractivity contribution in [2.45, 2.75) is 11.8 Å². The van der Waals surface area contributed by atoms with Crippen LogP contribution in [0.15, 0.2) is 23.4 Å². The summed E-state index contributed by atoms with van der Waals surface area (Å²) in [6.45, 7) is 1.34. The lowest BCUT2D eigenvalue weighted by Crippen LogP contribution is -2.17. The third-order valence-electron chi connectivity index (χ3n) is 2.38. The van der Waals surface area contributed by atoms with Gasteiger partial charge < -0.3 is 5.11 Å². The van der Waals surface area contributed by atoms with E-state index in [0.717, 1.165) is 12.3 Å². The van der Waals surface area contributed by atoms with E-state index in [1.54, 1.807) is 0 Å². The molecule has 8 nitrogen and oxygen atoms in total. The second-order valence-corrected chi connectivity index (χ2v) is 5.41. The van der Waals surface area contributed by atoms with Crippen molar-refractivity contribution in [2.24, 2.45) is 0 Å². The number of aromatic amines is 1. The zero-order valence-corrected chi connectivity index (χ0v) is 10.9. The number of carboxylic acids is 1. The number of carboxylic acid groups (broad SMARTS) is 1. The highest BCUT2D eigenvalue weighted by molar-refractivity contribution is 7.92. The predicted octanol–water partition coefficient (Wildman–Crippen LogP) is 0.751. The predicted molar refractivity (Wildman–Crippen MR) is 65.3 cm³/mol. The van der Waals surface area contributed by atoms with Crippen molar-refractivity contribution in [3.05, 3.63) is 35.7 Å². The molecule has 0 aliphatic heterocycles. The van der Waals surface area contributed by atoms with Crippen molar-refractivity contribution < 1.29 is 22.7 Å². The summed E-state index contributed by atoms with van der Waals surface area (Å²) in [5.41, 5.74) is -0.967. The molecule has 3 N–H and O–H groups in total. The van der Waals surface area contributed by atoms with Crippen LogP contribution in [0.25, 0.3) is 0 Å². The molecule has 0 amide bonds. The van der Waals surface area contributed by atoms with Crippen LogP contribution < -0.4 is 4.72 Å². The molecule has 0 saturated carbocycles. The van der Waals surface area contributed by atoms with Gasteiger partial charge in [0.05, 0.1) is 17.6 Å². The summed E-state index contributed by atoms with van der Waals surface area (Å²) in [5.74, 6) is -2.39. The molecule has 0 aliphatic rings. The number of sulfonamides is 1. The molecule has 0 atom stereocenters. The number of aromatic carboxylic acids is 1. The molecule has 0 bridgehead atoms. The van der Waals surface area contributed by atoms with Gasteiger partial charge in [-0.1, -0.05) is 0 Å². The quantitative estimate of drug-likeness (QED) is 0.765. The van der Waals surface area contributed by atoms with Crippen molar-refractivity contribution in [2.75, 3.05) is 4.72 Å². The molecule has 0 spiro atoms. The minimum absolute atomic E-state index is 0.0318. The van der Waals surface area contributed by atoms with Gasteiger partial charge in [-0.25, -0.2) is 17.6 Å². The Morgan fingerprint density at radius 1 is 1.50 bits per heavy atom. The van der Waals surface area contributed by atoms with Gasteiger partial charge in [-0.2, -0.15) is 5.10 Å². The van der Waals surface area contributed by atoms with Crippen LogP contribution in [0.2, 0.25) is 0 Å². The molecular formula is C10H9FN4O4S. The standard InChI is InChI=1S/C10H9FN4O4S/c1-5-9(8(10(16)17)14-13-5)20(18,19)15-7-2-3-12-4-6(7)11/h2-4H,1H3,(H,12,15)(H,13,14)(H,16,17). The molecule has 20 heavy (non-hydrogen) atoms. The molecule has 0 saturated heterocycles. The number of nitrogens with one attached hydrogen (secondary N) is 2. The van der Waals surface area contributed by atoms with E-state index in [4.69, 9.17) is 5.11 Å². The summed E-state index contributed by atoms with van der Waals surface area (Å²) in [5, 5.41) is 14.6. The Hall–Kier alpha value is -2.49. The van der Waals surface area contributed by atoms with Crippen molar-refractivity contribution in [3.8, 4) is 0 Å². The van der Waals surface area contributed by atoms with Crippen molar-refractivity contribution in [3.63, 3.8) is 0 Å². The third-order valence-corrected chi connectivity index (χ3v) is 3.90. The molecule has 0 radical (unpaired) electrons. The van der Waals surface area contributed by atoms with E-state index in [-0.39, 0.29) is 11.4 Å². The fraction of sp³-hybridized carbons (Fsp3) is 0.100. The summed E-state index contributed by atoms with van der Waals surface area (Å²) in [4.78, 5) is 13.9. The zero-order chi connectivity index (χ0) is 14.9. The molecule has 10 heteroatoms. The zero-order valence-electron chi connectivity index (χ0n) is 10.1. The van der Waals surface area contributed by atoms with Gasteiger partial charge in [0.15, 0.2) is 11.5 Å². The number of hydrogen-bond donors (Lipinski definition) is 3. The first-order valence-corrected chi connectivity index (χ1v) is 6.72. The van der Waals surface area contributed by atoms with Crippen LogP contribution in [0.5, 0.6) is 0 Å². The number of aromatic nitrogens is 3. The van der Waals surface area contributed by atoms with Gasteiger partial charge in [-0.05, 0) is 13.0 Å². The van der Waals surface area contributed by atoms with Gasteiger partial charge in [0.25, 0.3) is 10.0 Å². The van der Waals surface area contributed by atoms with E-state index in [9.17, 15) is 17.6 Å². The lowest BCUT2D eigenvalue weighted by atomic mass is 10.4. The molecule has 106 valence electrons. The highest BCUT2D eigenvalue weighted by atomic mass is 32.2. The maximum Gasteiger partial charge on any atom is 0.357 e. The molecule has 2 aromatic heterocycles. The van der Waals surface area contributed by atoms with Crippen LogP contribution in [0.1, 0.15) is 16.2 Å². The molecule has 2 heterocycles. The Morgan fingerprint density at radius 2 is 2.20 bits per heavy atom. The highest BCUT2D eigenvalue weighted by Gasteiger charge is 2.28. The number of carbonyl (C=O) groups is 1. The number of H-pyrrole nitrogens is 1. The molecule has 0 fully saturated rings. The maximum absolute atomic E-state index is 13.4. The topological polar surface area (TPSA) is 125 Å². The second kappa shape index (κ2) is 4.89. The minimum atomic E-state index is -4.29. The molecular weight excluding hydrogens is 291 g/mol. The van der Waals surface area contributed by atoms with Gasteiger partial charge in [-0.3, -0.25) is 14.8 Å². The second-order valence-electron chi connectivity index (χ2n) is 3.79. The number of aryl methyl sites for hydroxylation is 1. The van der Waals surface area contributed by atoms with Crippen LogP contribution in [0.4, 0.5) is 10.1 Å². The molecule has 0 unspecified atom stereocenters. The van der Waals surface area contributed by atoms with Gasteiger partial charge in [0.2, 0.25) is 0 Å². The summed E-state index contributed by atoms with van der Waals surface area (Å²) in [6.07, 6.45) is 2.03. The molecule has 2 aromatic rings. The first-order chi connectivity index (χ1) is 9.33. The Bertz CT molecular complexity index is 771. The lowest BCUT2D eigenvalue weighted by molar-refractivity contribution is 0.0686. The van der Waals surface area contributed by atoms with Crippen LogP contribution >= 0.6 is 0 Å². The smallest absolute Gasteiger partial charge is 0.357 e. The van der Waals surface area contributed by atoms with Crippen LogP contribution in [0.3, 0.4) is 0 Å². The first kappa shape index (κ1) is 13.9. The molecule has 0 aliphatic carbocycles. The third kappa shape index (κ3) is 2.45. The Labute approximate surface area is 112 Å². The average Bonchev–Trinajstić information content (AvgIpc) is 2.75. The Kier molecular flexibility index (Phi) is 3.40. The largest absolute Gasteiger partial charge is 0.476 e. The van der Waals surface area contributed by atoms with Gasteiger partial charge >= 0.3 is 5.97 Å². The SMILES string of the molecule is Cc1[nH]nc(C(=O)O)c1S(=O)(=O)Nc1ccncc1F. The van der Waals surface area contributed by atoms with Crippen molar-refractivity contribution in [1.82, 2.24) is 15.2 Å². The fourth-order valence-corrected chi connectivity index (χ4v) is 2.94. The summed E-state index contributed by atoms with van der Waals surface area (Å²) in [7, 11) is -4.29. The van der Waals surface area contributed by atoms with E-state index in [2.05, 4.69) is 15.2 Å². The Balaban J connectivity index is 2.49. The van der Waals surface area contributed by atoms with E-state index in [1.165, 1.54) is 13.1 Å². The number of hydrogen-bond acceptors (Lipinski definition) is 5. The minimum Gasteiger partial charge on any atom is -0.476 e. The van der Waals surface area contributed by atoms with E-state index < -0.39 is 32.4 Å². The van der Waals surface area contributed by atoms with Crippen molar-refractivity contribution in [1.29, 1.82) is 0 Å². The highest BCUT2D eigenvalue weighted by Crippen LogP contribution is 2.22. The summed E-state index contributed by atoms with van der Waals surface area (Å²) in [6, 6.07) is 1.11. The monoisotopic (exact) mass is 300 g/mol. The van der Waals surface area contributed by atoms with Crippen molar-refractivity contribution >= 4 is 21.7 Å². The molecule has 0 aromatic carbocycles. The number of anilines is 1.